The molecule has 4 amide bonds. The van der Waals surface area contributed by atoms with E-state index < -0.39 is 29.5 Å². The zero-order chi connectivity index (χ0) is 14.2. The predicted molar refractivity (Wildman–Crippen MR) is 66.6 cm³/mol. The van der Waals surface area contributed by atoms with Crippen molar-refractivity contribution < 1.29 is 19.2 Å². The molecule has 1 aliphatic rings. The molecule has 1 N–H and O–H groups in total. The Labute approximate surface area is 113 Å². The van der Waals surface area contributed by atoms with Gasteiger partial charge in [-0.25, -0.2) is 9.69 Å². The molecule has 1 aromatic carbocycles. The lowest BCUT2D eigenvalue weighted by Gasteiger charge is -2.28. The van der Waals surface area contributed by atoms with Crippen molar-refractivity contribution in [1.82, 2.24) is 5.32 Å². The molecule has 19 heavy (non-hydrogen) atoms. The first-order valence-electron chi connectivity index (χ1n) is 5.36. The summed E-state index contributed by atoms with van der Waals surface area (Å²) in [6, 6.07) is 5.02. The molecule has 0 bridgehead atoms. The van der Waals surface area contributed by atoms with E-state index in [2.05, 4.69) is 0 Å². The number of barbiturate groups is 1. The minimum Gasteiger partial charge on any atom is -0.299 e. The van der Waals surface area contributed by atoms with Crippen LogP contribution in [0.25, 0.3) is 0 Å². The van der Waals surface area contributed by atoms with Crippen molar-refractivity contribution in [2.24, 2.45) is 5.92 Å². The van der Waals surface area contributed by atoms with Crippen LogP contribution < -0.4 is 10.2 Å². The number of hydrogen-bond acceptors (Lipinski definition) is 4. The molecule has 1 aliphatic heterocycles. The van der Waals surface area contributed by atoms with Gasteiger partial charge in [0.15, 0.2) is 11.7 Å². The number of imide groups is 2. The summed E-state index contributed by atoms with van der Waals surface area (Å²) in [5.41, 5.74) is 0.241. The molecule has 1 fully saturated rings. The topological polar surface area (TPSA) is 83.6 Å². The standard InChI is InChI=1S/C12H9ClN2O4/c1-6(16)9-10(17)14-12(19)15(11(9)18)8-4-2-7(13)3-5-8/h2-5,9H,1H3,(H,14,17,19)/t9-/m1/s1. The smallest absolute Gasteiger partial charge is 0.299 e. The number of hydrogen-bond donors (Lipinski definition) is 1. The van der Waals surface area contributed by atoms with Crippen molar-refractivity contribution in [2.45, 2.75) is 6.92 Å². The summed E-state index contributed by atoms with van der Waals surface area (Å²) in [4.78, 5) is 47.3. The molecule has 1 saturated heterocycles. The molecule has 1 atom stereocenters. The number of nitrogens with one attached hydrogen (secondary N) is 1. The van der Waals surface area contributed by atoms with Crippen LogP contribution in [-0.2, 0) is 14.4 Å². The quantitative estimate of drug-likeness (QED) is 0.823. The van der Waals surface area contributed by atoms with E-state index in [0.29, 0.717) is 5.02 Å². The van der Waals surface area contributed by atoms with Crippen molar-refractivity contribution in [3.8, 4) is 0 Å². The maximum Gasteiger partial charge on any atom is 0.335 e. The van der Waals surface area contributed by atoms with E-state index in [-0.39, 0.29) is 5.69 Å². The molecule has 6 nitrogen and oxygen atoms in total. The van der Waals surface area contributed by atoms with Crippen molar-refractivity contribution in [1.29, 1.82) is 0 Å². The number of amides is 4. The molecule has 7 heteroatoms. The zero-order valence-corrected chi connectivity index (χ0v) is 10.6. The first kappa shape index (κ1) is 13.2. The minimum atomic E-state index is -1.49. The lowest BCUT2D eigenvalue weighted by atomic mass is 10.0. The monoisotopic (exact) mass is 280 g/mol. The highest BCUT2D eigenvalue weighted by Crippen LogP contribution is 2.22. The molecule has 0 aromatic heterocycles. The molecule has 0 unspecified atom stereocenters. The summed E-state index contributed by atoms with van der Waals surface area (Å²) in [7, 11) is 0. The molecule has 0 spiro atoms. The third-order valence-corrected chi connectivity index (χ3v) is 2.91. The summed E-state index contributed by atoms with van der Waals surface area (Å²) >= 11 is 5.71. The van der Waals surface area contributed by atoms with Gasteiger partial charge < -0.3 is 0 Å². The molecule has 2 rings (SSSR count). The maximum atomic E-state index is 12.1. The van der Waals surface area contributed by atoms with Crippen molar-refractivity contribution >= 4 is 40.9 Å². The van der Waals surface area contributed by atoms with Gasteiger partial charge in [0.1, 0.15) is 0 Å². The number of rotatable bonds is 2. The highest BCUT2D eigenvalue weighted by molar-refractivity contribution is 6.34. The summed E-state index contributed by atoms with van der Waals surface area (Å²) in [5.74, 6) is -3.86. The number of urea groups is 1. The number of nitrogens with zero attached hydrogens (tertiary/aromatic N) is 1. The summed E-state index contributed by atoms with van der Waals surface area (Å²) in [6.07, 6.45) is 0. The van der Waals surface area contributed by atoms with Crippen LogP contribution in [0.4, 0.5) is 10.5 Å². The highest BCUT2D eigenvalue weighted by Gasteiger charge is 2.43. The van der Waals surface area contributed by atoms with Crippen molar-refractivity contribution in [3.05, 3.63) is 29.3 Å². The van der Waals surface area contributed by atoms with Crippen LogP contribution in [0.3, 0.4) is 0 Å². The Kier molecular flexibility index (Phi) is 3.35. The molecule has 0 radical (unpaired) electrons. The van der Waals surface area contributed by atoms with E-state index in [1.807, 2.05) is 5.32 Å². The average molecular weight is 281 g/mol. The first-order valence-corrected chi connectivity index (χ1v) is 5.74. The fourth-order valence-electron chi connectivity index (χ4n) is 1.77. The maximum absolute atomic E-state index is 12.1. The van der Waals surface area contributed by atoms with Gasteiger partial charge in [0.2, 0.25) is 5.91 Å². The van der Waals surface area contributed by atoms with Gasteiger partial charge in [-0.15, -0.1) is 0 Å². The lowest BCUT2D eigenvalue weighted by molar-refractivity contribution is -0.140. The Bertz CT molecular complexity index is 582. The van der Waals surface area contributed by atoms with Gasteiger partial charge in [-0.2, -0.15) is 0 Å². The molecular weight excluding hydrogens is 272 g/mol. The number of carbonyl (C=O) groups excluding carboxylic acids is 4. The fraction of sp³-hybridized carbons (Fsp3) is 0.167. The molecule has 98 valence electrons. The van der Waals surface area contributed by atoms with Crippen molar-refractivity contribution in [3.63, 3.8) is 0 Å². The van der Waals surface area contributed by atoms with Gasteiger partial charge in [0.25, 0.3) is 5.91 Å². The second kappa shape index (κ2) is 4.81. The second-order valence-electron chi connectivity index (χ2n) is 3.99. The third-order valence-electron chi connectivity index (χ3n) is 2.65. The van der Waals surface area contributed by atoms with Crippen LogP contribution in [0.15, 0.2) is 24.3 Å². The van der Waals surface area contributed by atoms with Gasteiger partial charge in [-0.1, -0.05) is 11.6 Å². The van der Waals surface area contributed by atoms with Crippen LogP contribution in [0, 0.1) is 5.92 Å². The summed E-state index contributed by atoms with van der Waals surface area (Å²) in [6.45, 7) is 1.12. The molecule has 1 heterocycles. The molecule has 0 saturated carbocycles. The zero-order valence-electron chi connectivity index (χ0n) is 9.84. The van der Waals surface area contributed by atoms with E-state index in [0.717, 1.165) is 11.8 Å². The van der Waals surface area contributed by atoms with Gasteiger partial charge in [0, 0.05) is 5.02 Å². The largest absolute Gasteiger partial charge is 0.335 e. The van der Waals surface area contributed by atoms with Crippen molar-refractivity contribution in [2.75, 3.05) is 4.90 Å². The van der Waals surface area contributed by atoms with Crippen LogP contribution in [-0.4, -0.2) is 23.6 Å². The van der Waals surface area contributed by atoms with Crippen LogP contribution in [0.5, 0.6) is 0 Å². The fourth-order valence-corrected chi connectivity index (χ4v) is 1.89. The van der Waals surface area contributed by atoms with E-state index >= 15 is 0 Å². The number of carbonyl (C=O) groups is 4. The molecular formula is C12H9ClN2O4. The molecule has 0 aliphatic carbocycles. The normalized spacial score (nSPS) is 19.4. The number of Topliss-reactive ketones (excluding diaryl/α,β-unsaturated/α-hetero) is 1. The van der Waals surface area contributed by atoms with E-state index in [9.17, 15) is 19.2 Å². The average Bonchev–Trinajstić information content (AvgIpc) is 2.30. The van der Waals surface area contributed by atoms with Crippen LogP contribution >= 0.6 is 11.6 Å². The third kappa shape index (κ3) is 2.34. The Balaban J connectivity index is 2.41. The Morgan fingerprint density at radius 3 is 2.32 bits per heavy atom. The van der Waals surface area contributed by atoms with E-state index in [4.69, 9.17) is 11.6 Å². The number of benzene rings is 1. The number of halogens is 1. The highest BCUT2D eigenvalue weighted by atomic mass is 35.5. The molecule has 1 aromatic rings. The summed E-state index contributed by atoms with van der Waals surface area (Å²) in [5, 5.41) is 2.42. The van der Waals surface area contributed by atoms with Crippen LogP contribution in [0.1, 0.15) is 6.92 Å². The van der Waals surface area contributed by atoms with Gasteiger partial charge >= 0.3 is 6.03 Å². The van der Waals surface area contributed by atoms with Gasteiger partial charge in [-0.3, -0.25) is 19.7 Å². The van der Waals surface area contributed by atoms with Gasteiger partial charge in [-0.05, 0) is 31.2 Å². The SMILES string of the molecule is CC(=O)[C@@H]1C(=O)NC(=O)N(c2ccc(Cl)cc2)C1=O. The number of ketones is 1. The van der Waals surface area contributed by atoms with E-state index in [1.165, 1.54) is 24.3 Å². The predicted octanol–water partition coefficient (Wildman–Crippen LogP) is 1.13. The first-order chi connectivity index (χ1) is 8.91. The Hall–Kier alpha value is -2.21. The van der Waals surface area contributed by atoms with Gasteiger partial charge in [0.05, 0.1) is 5.69 Å². The van der Waals surface area contributed by atoms with E-state index in [1.54, 1.807) is 0 Å². The lowest BCUT2D eigenvalue weighted by Crippen LogP contribution is -2.59. The Morgan fingerprint density at radius 2 is 1.79 bits per heavy atom. The Morgan fingerprint density at radius 1 is 1.21 bits per heavy atom. The summed E-state index contributed by atoms with van der Waals surface area (Å²) < 4.78 is 0. The van der Waals surface area contributed by atoms with Crippen LogP contribution in [0.2, 0.25) is 5.02 Å². The number of anilines is 1. The minimum absolute atomic E-state index is 0.241. The second-order valence-corrected chi connectivity index (χ2v) is 4.42.